The SMILES string of the molecule is CC(C)[C@H](N[C@H](C)c1ccccc1)c1c(O)ccc2ccccc12. The number of benzene rings is 3. The maximum absolute atomic E-state index is 10.6. The average molecular weight is 319 g/mol. The Kier molecular flexibility index (Phi) is 4.86. The van der Waals surface area contributed by atoms with Gasteiger partial charge in [-0.05, 0) is 35.2 Å². The van der Waals surface area contributed by atoms with Gasteiger partial charge in [-0.2, -0.15) is 0 Å². The smallest absolute Gasteiger partial charge is 0.121 e. The van der Waals surface area contributed by atoms with Gasteiger partial charge in [0.05, 0.1) is 0 Å². The van der Waals surface area contributed by atoms with Crippen molar-refractivity contribution in [1.29, 1.82) is 0 Å². The molecule has 0 radical (unpaired) electrons. The number of fused-ring (bicyclic) bond motifs is 1. The lowest BCUT2D eigenvalue weighted by Gasteiger charge is -2.29. The van der Waals surface area contributed by atoms with E-state index >= 15 is 0 Å². The van der Waals surface area contributed by atoms with Crippen molar-refractivity contribution in [3.05, 3.63) is 77.9 Å². The molecule has 124 valence electrons. The van der Waals surface area contributed by atoms with Crippen molar-refractivity contribution in [3.8, 4) is 5.75 Å². The number of phenolic OH excluding ortho intramolecular Hbond substituents is 1. The van der Waals surface area contributed by atoms with Gasteiger partial charge in [-0.3, -0.25) is 0 Å². The second-order valence-corrected chi connectivity index (χ2v) is 6.74. The molecule has 2 N–H and O–H groups in total. The monoisotopic (exact) mass is 319 g/mol. The standard InChI is InChI=1S/C22H25NO/c1-15(2)22(23-16(3)17-9-5-4-6-10-17)21-19-12-8-7-11-18(19)13-14-20(21)24/h4-16,22-24H,1-3H3/t16-,22+/m1/s1. The second kappa shape index (κ2) is 7.06. The average Bonchev–Trinajstić information content (AvgIpc) is 2.60. The van der Waals surface area contributed by atoms with E-state index in [1.807, 2.05) is 30.3 Å². The van der Waals surface area contributed by atoms with E-state index in [0.29, 0.717) is 11.7 Å². The maximum Gasteiger partial charge on any atom is 0.121 e. The number of hydrogen-bond acceptors (Lipinski definition) is 2. The third kappa shape index (κ3) is 3.29. The zero-order chi connectivity index (χ0) is 17.1. The van der Waals surface area contributed by atoms with E-state index in [0.717, 1.165) is 16.3 Å². The highest BCUT2D eigenvalue weighted by atomic mass is 16.3. The molecule has 0 saturated carbocycles. The molecule has 2 nitrogen and oxygen atoms in total. The predicted molar refractivity (Wildman–Crippen MR) is 101 cm³/mol. The molecule has 0 fully saturated rings. The molecule has 3 aromatic carbocycles. The first-order chi connectivity index (χ1) is 11.6. The Bertz CT molecular complexity index is 811. The molecule has 0 aliphatic heterocycles. The van der Waals surface area contributed by atoms with E-state index in [-0.39, 0.29) is 12.1 Å². The molecule has 0 amide bonds. The Morgan fingerprint density at radius 3 is 2.17 bits per heavy atom. The summed E-state index contributed by atoms with van der Waals surface area (Å²) in [4.78, 5) is 0. The van der Waals surface area contributed by atoms with Crippen LogP contribution in [0, 0.1) is 5.92 Å². The highest BCUT2D eigenvalue weighted by Crippen LogP contribution is 2.37. The van der Waals surface area contributed by atoms with Crippen molar-refractivity contribution < 1.29 is 5.11 Å². The van der Waals surface area contributed by atoms with Gasteiger partial charge in [-0.1, -0.05) is 74.5 Å². The molecule has 0 aromatic heterocycles. The largest absolute Gasteiger partial charge is 0.508 e. The van der Waals surface area contributed by atoms with Crippen molar-refractivity contribution in [3.63, 3.8) is 0 Å². The van der Waals surface area contributed by atoms with Crippen molar-refractivity contribution in [2.75, 3.05) is 0 Å². The van der Waals surface area contributed by atoms with E-state index in [9.17, 15) is 5.11 Å². The van der Waals surface area contributed by atoms with Gasteiger partial charge in [0.2, 0.25) is 0 Å². The molecule has 24 heavy (non-hydrogen) atoms. The molecule has 2 atom stereocenters. The van der Waals surface area contributed by atoms with Crippen molar-refractivity contribution in [2.24, 2.45) is 5.92 Å². The number of rotatable bonds is 5. The second-order valence-electron chi connectivity index (χ2n) is 6.74. The molecule has 0 saturated heterocycles. The predicted octanol–water partition coefficient (Wildman–Crippen LogP) is 5.59. The number of hydrogen-bond donors (Lipinski definition) is 2. The first-order valence-electron chi connectivity index (χ1n) is 8.59. The van der Waals surface area contributed by atoms with Crippen molar-refractivity contribution in [1.82, 2.24) is 5.32 Å². The van der Waals surface area contributed by atoms with Crippen LogP contribution >= 0.6 is 0 Å². The molecule has 0 spiro atoms. The lowest BCUT2D eigenvalue weighted by atomic mass is 9.89. The molecule has 0 aliphatic carbocycles. The first kappa shape index (κ1) is 16.5. The summed E-state index contributed by atoms with van der Waals surface area (Å²) in [5.74, 6) is 0.716. The topological polar surface area (TPSA) is 32.3 Å². The normalized spacial score (nSPS) is 14.0. The number of phenols is 1. The van der Waals surface area contributed by atoms with Crippen molar-refractivity contribution in [2.45, 2.75) is 32.9 Å². The first-order valence-corrected chi connectivity index (χ1v) is 8.59. The summed E-state index contributed by atoms with van der Waals surface area (Å²) in [6.45, 7) is 6.56. The summed E-state index contributed by atoms with van der Waals surface area (Å²) >= 11 is 0. The molecule has 2 heteroatoms. The molecule has 0 unspecified atom stereocenters. The summed E-state index contributed by atoms with van der Waals surface area (Å²) in [5, 5.41) is 16.6. The van der Waals surface area contributed by atoms with Crippen LogP contribution in [0.25, 0.3) is 10.8 Å². The van der Waals surface area contributed by atoms with Crippen LogP contribution in [0.5, 0.6) is 5.75 Å². The lowest BCUT2D eigenvalue weighted by Crippen LogP contribution is -2.28. The Morgan fingerprint density at radius 2 is 1.46 bits per heavy atom. The van der Waals surface area contributed by atoms with E-state index in [2.05, 4.69) is 62.5 Å². The van der Waals surface area contributed by atoms with Gasteiger partial charge in [0.25, 0.3) is 0 Å². The van der Waals surface area contributed by atoms with Crippen LogP contribution in [-0.2, 0) is 0 Å². The molecule has 3 rings (SSSR count). The van der Waals surface area contributed by atoms with Gasteiger partial charge in [0.15, 0.2) is 0 Å². The summed E-state index contributed by atoms with van der Waals surface area (Å²) in [6.07, 6.45) is 0. The van der Waals surface area contributed by atoms with E-state index in [1.165, 1.54) is 5.56 Å². The fraction of sp³-hybridized carbons (Fsp3) is 0.273. The minimum absolute atomic E-state index is 0.0753. The summed E-state index contributed by atoms with van der Waals surface area (Å²) in [7, 11) is 0. The molecule has 0 aliphatic rings. The summed E-state index contributed by atoms with van der Waals surface area (Å²) in [5.41, 5.74) is 2.24. The minimum atomic E-state index is 0.0753. The third-order valence-corrected chi connectivity index (χ3v) is 4.65. The van der Waals surface area contributed by atoms with Gasteiger partial charge < -0.3 is 10.4 Å². The molecule has 0 heterocycles. The lowest BCUT2D eigenvalue weighted by molar-refractivity contribution is 0.361. The summed E-state index contributed by atoms with van der Waals surface area (Å²) in [6, 6.07) is 22.8. The van der Waals surface area contributed by atoms with Gasteiger partial charge in [-0.25, -0.2) is 0 Å². The Hall–Kier alpha value is -2.32. The minimum Gasteiger partial charge on any atom is -0.508 e. The fourth-order valence-corrected chi connectivity index (χ4v) is 3.33. The van der Waals surface area contributed by atoms with Crippen LogP contribution in [0.1, 0.15) is 44.0 Å². The Balaban J connectivity index is 2.02. The van der Waals surface area contributed by atoms with Crippen LogP contribution in [-0.4, -0.2) is 5.11 Å². The molecular weight excluding hydrogens is 294 g/mol. The van der Waals surface area contributed by atoms with Gasteiger partial charge in [0, 0.05) is 17.6 Å². The molecule has 0 bridgehead atoms. The highest BCUT2D eigenvalue weighted by molar-refractivity contribution is 5.88. The zero-order valence-corrected chi connectivity index (χ0v) is 14.5. The van der Waals surface area contributed by atoms with E-state index in [4.69, 9.17) is 0 Å². The molecule has 3 aromatic rings. The van der Waals surface area contributed by atoms with Crippen LogP contribution in [0.2, 0.25) is 0 Å². The van der Waals surface area contributed by atoms with E-state index < -0.39 is 0 Å². The van der Waals surface area contributed by atoms with Crippen LogP contribution < -0.4 is 5.32 Å². The number of nitrogens with one attached hydrogen (secondary N) is 1. The van der Waals surface area contributed by atoms with Gasteiger partial charge in [-0.15, -0.1) is 0 Å². The highest BCUT2D eigenvalue weighted by Gasteiger charge is 2.23. The van der Waals surface area contributed by atoms with Crippen LogP contribution in [0.3, 0.4) is 0 Å². The van der Waals surface area contributed by atoms with E-state index in [1.54, 1.807) is 0 Å². The third-order valence-electron chi connectivity index (χ3n) is 4.65. The number of aromatic hydroxyl groups is 1. The fourth-order valence-electron chi connectivity index (χ4n) is 3.33. The van der Waals surface area contributed by atoms with Crippen molar-refractivity contribution >= 4 is 10.8 Å². The zero-order valence-electron chi connectivity index (χ0n) is 14.5. The quantitative estimate of drug-likeness (QED) is 0.642. The molecular formula is C22H25NO. The van der Waals surface area contributed by atoms with Crippen LogP contribution in [0.15, 0.2) is 66.7 Å². The Labute approximate surface area is 144 Å². The summed E-state index contributed by atoms with van der Waals surface area (Å²) < 4.78 is 0. The van der Waals surface area contributed by atoms with Crippen LogP contribution in [0.4, 0.5) is 0 Å². The maximum atomic E-state index is 10.6. The Morgan fingerprint density at radius 1 is 0.792 bits per heavy atom. The van der Waals surface area contributed by atoms with Gasteiger partial charge >= 0.3 is 0 Å². The van der Waals surface area contributed by atoms with Gasteiger partial charge in [0.1, 0.15) is 5.75 Å².